The fourth-order valence-corrected chi connectivity index (χ4v) is 2.28. The largest absolute Gasteiger partial charge is 0.372 e. The first kappa shape index (κ1) is 11.4. The highest BCUT2D eigenvalue weighted by Gasteiger charge is 2.14. The summed E-state index contributed by atoms with van der Waals surface area (Å²) < 4.78 is 5.44. The molecule has 0 atom stereocenters. The van der Waals surface area contributed by atoms with Gasteiger partial charge >= 0.3 is 0 Å². The summed E-state index contributed by atoms with van der Waals surface area (Å²) in [6.45, 7) is 5.37. The lowest BCUT2D eigenvalue weighted by atomic mass is 10.0. The molecule has 0 unspecified atom stereocenters. The van der Waals surface area contributed by atoms with Crippen LogP contribution in [0.4, 0.5) is 0 Å². The fraction of sp³-hybridized carbons (Fsp3) is 0.357. The lowest BCUT2D eigenvalue weighted by Crippen LogP contribution is -2.11. The molecule has 0 bridgehead atoms. The monoisotopic (exact) mass is 243 g/mol. The minimum absolute atomic E-state index is 0.722. The van der Waals surface area contributed by atoms with E-state index in [1.165, 1.54) is 22.3 Å². The van der Waals surface area contributed by atoms with Crippen molar-refractivity contribution < 1.29 is 4.74 Å². The smallest absolute Gasteiger partial charge is 0.0725 e. The van der Waals surface area contributed by atoms with E-state index in [9.17, 15) is 0 Å². The molecule has 4 heteroatoms. The van der Waals surface area contributed by atoms with Gasteiger partial charge in [-0.3, -0.25) is 5.10 Å². The van der Waals surface area contributed by atoms with Crippen molar-refractivity contribution in [3.63, 3.8) is 0 Å². The molecule has 2 aromatic rings. The van der Waals surface area contributed by atoms with Crippen LogP contribution in [0.3, 0.4) is 0 Å². The van der Waals surface area contributed by atoms with E-state index in [0.29, 0.717) is 0 Å². The Hall–Kier alpha value is -1.65. The molecule has 0 aliphatic carbocycles. The number of rotatable bonds is 4. The molecule has 1 aromatic carbocycles. The van der Waals surface area contributed by atoms with Crippen LogP contribution >= 0.6 is 0 Å². The second-order valence-electron chi connectivity index (χ2n) is 4.53. The van der Waals surface area contributed by atoms with Crippen molar-refractivity contribution in [2.24, 2.45) is 0 Å². The van der Waals surface area contributed by atoms with Gasteiger partial charge in [-0.25, -0.2) is 0 Å². The maximum atomic E-state index is 5.44. The SMILES string of the molecule is CCNCc1cn[nH]c1-c1ccc2c(c1)COC2. The van der Waals surface area contributed by atoms with Crippen molar-refractivity contribution in [1.29, 1.82) is 0 Å². The van der Waals surface area contributed by atoms with E-state index < -0.39 is 0 Å². The van der Waals surface area contributed by atoms with Gasteiger partial charge in [-0.1, -0.05) is 19.1 Å². The summed E-state index contributed by atoms with van der Waals surface area (Å²) in [7, 11) is 0. The summed E-state index contributed by atoms with van der Waals surface area (Å²) in [6, 6.07) is 6.48. The number of hydrogen-bond donors (Lipinski definition) is 2. The number of H-pyrrole nitrogens is 1. The first-order valence-electron chi connectivity index (χ1n) is 6.31. The number of nitrogens with zero attached hydrogens (tertiary/aromatic N) is 1. The minimum atomic E-state index is 0.722. The Balaban J connectivity index is 1.92. The maximum absolute atomic E-state index is 5.44. The van der Waals surface area contributed by atoms with Gasteiger partial charge in [0, 0.05) is 17.7 Å². The van der Waals surface area contributed by atoms with Crippen LogP contribution in [0.2, 0.25) is 0 Å². The zero-order valence-corrected chi connectivity index (χ0v) is 10.5. The Morgan fingerprint density at radius 2 is 2.22 bits per heavy atom. The van der Waals surface area contributed by atoms with Gasteiger partial charge in [-0.05, 0) is 23.7 Å². The van der Waals surface area contributed by atoms with E-state index in [4.69, 9.17) is 4.74 Å². The van der Waals surface area contributed by atoms with Crippen molar-refractivity contribution in [3.05, 3.63) is 41.1 Å². The Kier molecular flexibility index (Phi) is 3.13. The quantitative estimate of drug-likeness (QED) is 0.865. The molecule has 1 aliphatic heterocycles. The first-order chi connectivity index (χ1) is 8.88. The molecule has 2 heterocycles. The van der Waals surface area contributed by atoms with Crippen LogP contribution < -0.4 is 5.32 Å². The topological polar surface area (TPSA) is 49.9 Å². The average molecular weight is 243 g/mol. The molecule has 1 aromatic heterocycles. The Morgan fingerprint density at radius 1 is 1.33 bits per heavy atom. The third kappa shape index (κ3) is 2.05. The van der Waals surface area contributed by atoms with E-state index in [1.807, 2.05) is 6.20 Å². The molecule has 0 saturated heterocycles. The second-order valence-corrected chi connectivity index (χ2v) is 4.53. The van der Waals surface area contributed by atoms with E-state index in [2.05, 4.69) is 40.6 Å². The van der Waals surface area contributed by atoms with Gasteiger partial charge in [-0.15, -0.1) is 0 Å². The number of hydrogen-bond acceptors (Lipinski definition) is 3. The van der Waals surface area contributed by atoms with Crippen LogP contribution in [0.25, 0.3) is 11.3 Å². The fourth-order valence-electron chi connectivity index (χ4n) is 2.28. The van der Waals surface area contributed by atoms with Crippen molar-refractivity contribution in [1.82, 2.24) is 15.5 Å². The zero-order valence-electron chi connectivity index (χ0n) is 10.5. The average Bonchev–Trinajstić information content (AvgIpc) is 3.03. The van der Waals surface area contributed by atoms with Crippen molar-refractivity contribution in [2.45, 2.75) is 26.7 Å². The summed E-state index contributed by atoms with van der Waals surface area (Å²) in [5.41, 5.74) is 6.08. The Bertz CT molecular complexity index is 548. The van der Waals surface area contributed by atoms with Gasteiger partial charge in [0.05, 0.1) is 25.1 Å². The van der Waals surface area contributed by atoms with Gasteiger partial charge < -0.3 is 10.1 Å². The summed E-state index contributed by atoms with van der Waals surface area (Å²) in [5, 5.41) is 10.6. The molecule has 0 amide bonds. The number of fused-ring (bicyclic) bond motifs is 1. The summed E-state index contributed by atoms with van der Waals surface area (Å²) in [6.07, 6.45) is 1.89. The molecule has 1 aliphatic rings. The Morgan fingerprint density at radius 3 is 3.11 bits per heavy atom. The van der Waals surface area contributed by atoms with Crippen LogP contribution in [0.15, 0.2) is 24.4 Å². The molecule has 3 rings (SSSR count). The number of nitrogens with one attached hydrogen (secondary N) is 2. The second kappa shape index (κ2) is 4.92. The van der Waals surface area contributed by atoms with Gasteiger partial charge in [0.25, 0.3) is 0 Å². The standard InChI is InChI=1S/C14H17N3O/c1-2-15-6-13-7-16-17-14(13)10-3-4-11-8-18-9-12(11)5-10/h3-5,7,15H,2,6,8-9H2,1H3,(H,16,17). The van der Waals surface area contributed by atoms with E-state index >= 15 is 0 Å². The normalized spacial score (nSPS) is 13.8. The molecule has 0 saturated carbocycles. The van der Waals surface area contributed by atoms with Gasteiger partial charge in [0.2, 0.25) is 0 Å². The lowest BCUT2D eigenvalue weighted by Gasteiger charge is -2.05. The van der Waals surface area contributed by atoms with Crippen LogP contribution in [0.5, 0.6) is 0 Å². The zero-order chi connectivity index (χ0) is 12.4. The lowest BCUT2D eigenvalue weighted by molar-refractivity contribution is 0.134. The third-order valence-corrected chi connectivity index (χ3v) is 3.29. The maximum Gasteiger partial charge on any atom is 0.0725 e. The number of benzene rings is 1. The molecule has 94 valence electrons. The van der Waals surface area contributed by atoms with Crippen LogP contribution in [-0.4, -0.2) is 16.7 Å². The molecule has 18 heavy (non-hydrogen) atoms. The summed E-state index contributed by atoms with van der Waals surface area (Å²) >= 11 is 0. The molecule has 0 spiro atoms. The van der Waals surface area contributed by atoms with Crippen LogP contribution in [-0.2, 0) is 24.5 Å². The van der Waals surface area contributed by atoms with Crippen molar-refractivity contribution in [3.8, 4) is 11.3 Å². The van der Waals surface area contributed by atoms with Gasteiger partial charge in [0.15, 0.2) is 0 Å². The third-order valence-electron chi connectivity index (χ3n) is 3.29. The molecule has 2 N–H and O–H groups in total. The summed E-state index contributed by atoms with van der Waals surface area (Å²) in [4.78, 5) is 0. The number of aromatic nitrogens is 2. The molecule has 0 radical (unpaired) electrons. The summed E-state index contributed by atoms with van der Waals surface area (Å²) in [5.74, 6) is 0. The predicted octanol–water partition coefficient (Wildman–Crippen LogP) is 2.22. The number of aromatic amines is 1. The van der Waals surface area contributed by atoms with E-state index in [-0.39, 0.29) is 0 Å². The molecular weight excluding hydrogens is 226 g/mol. The van der Waals surface area contributed by atoms with Gasteiger partial charge in [-0.2, -0.15) is 5.10 Å². The molecule has 4 nitrogen and oxygen atoms in total. The molecule has 0 fully saturated rings. The first-order valence-corrected chi connectivity index (χ1v) is 6.31. The molecular formula is C14H17N3O. The van der Waals surface area contributed by atoms with E-state index in [0.717, 1.165) is 32.0 Å². The van der Waals surface area contributed by atoms with Crippen molar-refractivity contribution >= 4 is 0 Å². The highest BCUT2D eigenvalue weighted by Crippen LogP contribution is 2.27. The van der Waals surface area contributed by atoms with E-state index in [1.54, 1.807) is 0 Å². The van der Waals surface area contributed by atoms with Crippen molar-refractivity contribution in [2.75, 3.05) is 6.54 Å². The minimum Gasteiger partial charge on any atom is -0.372 e. The van der Waals surface area contributed by atoms with Gasteiger partial charge in [0.1, 0.15) is 0 Å². The predicted molar refractivity (Wildman–Crippen MR) is 69.9 cm³/mol. The van der Waals surface area contributed by atoms with Crippen LogP contribution in [0.1, 0.15) is 23.6 Å². The Labute approximate surface area is 106 Å². The highest BCUT2D eigenvalue weighted by molar-refractivity contribution is 5.64. The van der Waals surface area contributed by atoms with Crippen LogP contribution in [0, 0.1) is 0 Å². The number of ether oxygens (including phenoxy) is 1. The highest BCUT2D eigenvalue weighted by atomic mass is 16.5.